The Morgan fingerprint density at radius 1 is 1.47 bits per heavy atom. The summed E-state index contributed by atoms with van der Waals surface area (Å²) in [6.45, 7) is 4.28. The van der Waals surface area contributed by atoms with Crippen LogP contribution in [-0.4, -0.2) is 28.6 Å². The molecule has 0 heterocycles. The fourth-order valence-corrected chi connectivity index (χ4v) is 2.02. The highest BCUT2D eigenvalue weighted by atomic mass is 16.6. The molecule has 1 aromatic rings. The van der Waals surface area contributed by atoms with Crippen molar-refractivity contribution in [2.24, 2.45) is 0 Å². The first-order chi connectivity index (χ1) is 9.01. The largest absolute Gasteiger partial charge is 0.480 e. The lowest BCUT2D eigenvalue weighted by Gasteiger charge is -2.29. The van der Waals surface area contributed by atoms with Crippen molar-refractivity contribution >= 4 is 17.3 Å². The van der Waals surface area contributed by atoms with E-state index in [1.54, 1.807) is 24.0 Å². The Balaban J connectivity index is 3.14. The number of benzene rings is 1. The summed E-state index contributed by atoms with van der Waals surface area (Å²) in [7, 11) is 0. The van der Waals surface area contributed by atoms with Crippen molar-refractivity contribution < 1.29 is 14.8 Å². The number of non-ortho nitro benzene ring substituents is 1. The predicted octanol–water partition coefficient (Wildman–Crippen LogP) is 2.67. The number of rotatable bonds is 7. The zero-order valence-electron chi connectivity index (χ0n) is 11.1. The van der Waals surface area contributed by atoms with Crippen molar-refractivity contribution in [3.8, 4) is 0 Å². The second-order valence-corrected chi connectivity index (χ2v) is 4.23. The van der Waals surface area contributed by atoms with Crippen LogP contribution in [0.4, 0.5) is 11.4 Å². The molecule has 0 aliphatic heterocycles. The third-order valence-electron chi connectivity index (χ3n) is 2.88. The van der Waals surface area contributed by atoms with Crippen molar-refractivity contribution in [3.63, 3.8) is 0 Å². The van der Waals surface area contributed by atoms with Gasteiger partial charge in [0.05, 0.1) is 4.92 Å². The molecule has 1 atom stereocenters. The van der Waals surface area contributed by atoms with Gasteiger partial charge in [-0.3, -0.25) is 10.1 Å². The molecule has 0 saturated heterocycles. The minimum atomic E-state index is -0.914. The van der Waals surface area contributed by atoms with E-state index in [0.717, 1.165) is 6.42 Å². The highest BCUT2D eigenvalue weighted by molar-refractivity contribution is 5.78. The minimum absolute atomic E-state index is 0.0288. The molecule has 1 aromatic carbocycles. The molecule has 1 rings (SSSR count). The van der Waals surface area contributed by atoms with E-state index in [1.807, 2.05) is 6.92 Å². The number of anilines is 1. The van der Waals surface area contributed by atoms with Gasteiger partial charge >= 0.3 is 5.97 Å². The maximum absolute atomic E-state index is 11.3. The first-order valence-corrected chi connectivity index (χ1v) is 6.25. The first kappa shape index (κ1) is 14.9. The van der Waals surface area contributed by atoms with E-state index >= 15 is 0 Å². The number of carboxylic acids is 1. The normalized spacial score (nSPS) is 11.9. The molecular weight excluding hydrogens is 248 g/mol. The Bertz CT molecular complexity index is 462. The third kappa shape index (κ3) is 3.67. The number of nitro benzene ring substituents is 1. The van der Waals surface area contributed by atoms with Gasteiger partial charge in [0.25, 0.3) is 5.69 Å². The third-order valence-corrected chi connectivity index (χ3v) is 2.88. The fraction of sp³-hybridized carbons (Fsp3) is 0.462. The van der Waals surface area contributed by atoms with E-state index in [2.05, 4.69) is 0 Å². The van der Waals surface area contributed by atoms with Gasteiger partial charge in [-0.05, 0) is 18.9 Å². The molecule has 6 heteroatoms. The van der Waals surface area contributed by atoms with Crippen molar-refractivity contribution in [1.82, 2.24) is 0 Å². The molecule has 0 aliphatic rings. The van der Waals surface area contributed by atoms with Gasteiger partial charge in [0, 0.05) is 24.4 Å². The van der Waals surface area contributed by atoms with Crippen LogP contribution in [0.1, 0.15) is 26.7 Å². The molecule has 0 aliphatic carbocycles. The van der Waals surface area contributed by atoms with E-state index < -0.39 is 16.9 Å². The fourth-order valence-electron chi connectivity index (χ4n) is 2.02. The maximum Gasteiger partial charge on any atom is 0.326 e. The molecule has 0 amide bonds. The first-order valence-electron chi connectivity index (χ1n) is 6.25. The number of hydrogen-bond acceptors (Lipinski definition) is 4. The molecule has 0 radical (unpaired) electrons. The van der Waals surface area contributed by atoms with Crippen LogP contribution < -0.4 is 4.90 Å². The van der Waals surface area contributed by atoms with Gasteiger partial charge in [-0.1, -0.05) is 19.9 Å². The van der Waals surface area contributed by atoms with Gasteiger partial charge in [0.1, 0.15) is 6.04 Å². The van der Waals surface area contributed by atoms with Gasteiger partial charge in [-0.2, -0.15) is 0 Å². The molecule has 0 spiro atoms. The Kier molecular flexibility index (Phi) is 5.29. The molecule has 6 nitrogen and oxygen atoms in total. The van der Waals surface area contributed by atoms with Crippen LogP contribution in [0.2, 0.25) is 0 Å². The quantitative estimate of drug-likeness (QED) is 0.606. The van der Waals surface area contributed by atoms with E-state index in [4.69, 9.17) is 0 Å². The smallest absolute Gasteiger partial charge is 0.326 e. The van der Waals surface area contributed by atoms with E-state index in [9.17, 15) is 20.0 Å². The summed E-state index contributed by atoms with van der Waals surface area (Å²) >= 11 is 0. The van der Waals surface area contributed by atoms with Crippen LogP contribution in [0, 0.1) is 10.1 Å². The SMILES string of the molecule is CCCN(c1cccc([N+](=O)[O-])c1)[C@@H](CC)C(=O)O. The highest BCUT2D eigenvalue weighted by Gasteiger charge is 2.24. The van der Waals surface area contributed by atoms with Gasteiger partial charge in [0.2, 0.25) is 0 Å². The van der Waals surface area contributed by atoms with Crippen LogP contribution in [0.5, 0.6) is 0 Å². The molecular formula is C13H18N2O4. The summed E-state index contributed by atoms with van der Waals surface area (Å²) in [5.41, 5.74) is 0.546. The van der Waals surface area contributed by atoms with Crippen molar-refractivity contribution in [2.75, 3.05) is 11.4 Å². The molecule has 19 heavy (non-hydrogen) atoms. The number of hydrogen-bond donors (Lipinski definition) is 1. The zero-order chi connectivity index (χ0) is 14.4. The minimum Gasteiger partial charge on any atom is -0.480 e. The van der Waals surface area contributed by atoms with E-state index in [0.29, 0.717) is 18.7 Å². The topological polar surface area (TPSA) is 83.7 Å². The monoisotopic (exact) mass is 266 g/mol. The van der Waals surface area contributed by atoms with Gasteiger partial charge in [0.15, 0.2) is 0 Å². The second-order valence-electron chi connectivity index (χ2n) is 4.23. The van der Waals surface area contributed by atoms with E-state index in [-0.39, 0.29) is 5.69 Å². The summed E-state index contributed by atoms with van der Waals surface area (Å²) in [5, 5.41) is 20.0. The van der Waals surface area contributed by atoms with Gasteiger partial charge < -0.3 is 10.0 Å². The summed E-state index contributed by atoms with van der Waals surface area (Å²) in [5.74, 6) is -0.914. The Morgan fingerprint density at radius 3 is 2.63 bits per heavy atom. The lowest BCUT2D eigenvalue weighted by Crippen LogP contribution is -2.41. The summed E-state index contributed by atoms with van der Waals surface area (Å²) in [6, 6.07) is 5.43. The number of nitrogens with zero attached hydrogens (tertiary/aromatic N) is 2. The number of aliphatic carboxylic acids is 1. The van der Waals surface area contributed by atoms with Crippen molar-refractivity contribution in [1.29, 1.82) is 0 Å². The Hall–Kier alpha value is -2.11. The van der Waals surface area contributed by atoms with E-state index in [1.165, 1.54) is 12.1 Å². The van der Waals surface area contributed by atoms with Gasteiger partial charge in [-0.25, -0.2) is 4.79 Å². The van der Waals surface area contributed by atoms with Crippen LogP contribution in [0.15, 0.2) is 24.3 Å². The van der Waals surface area contributed by atoms with Crippen LogP contribution >= 0.6 is 0 Å². The van der Waals surface area contributed by atoms with Crippen LogP contribution in [-0.2, 0) is 4.79 Å². The molecule has 0 aromatic heterocycles. The standard InChI is InChI=1S/C13H18N2O4/c1-3-8-14(12(4-2)13(16)17)10-6-5-7-11(9-10)15(18)19/h5-7,9,12H,3-4,8H2,1-2H3,(H,16,17)/t12-/m0/s1. The Labute approximate surface area is 111 Å². The number of carboxylic acid groups (broad SMARTS) is 1. The average Bonchev–Trinajstić information content (AvgIpc) is 2.38. The average molecular weight is 266 g/mol. The number of nitro groups is 1. The number of carbonyl (C=O) groups is 1. The molecule has 104 valence electrons. The van der Waals surface area contributed by atoms with Crippen molar-refractivity contribution in [2.45, 2.75) is 32.7 Å². The highest BCUT2D eigenvalue weighted by Crippen LogP contribution is 2.24. The Morgan fingerprint density at radius 2 is 2.16 bits per heavy atom. The lowest BCUT2D eigenvalue weighted by molar-refractivity contribution is -0.384. The molecule has 0 unspecified atom stereocenters. The maximum atomic E-state index is 11.3. The van der Waals surface area contributed by atoms with Crippen LogP contribution in [0.3, 0.4) is 0 Å². The second kappa shape index (κ2) is 6.72. The predicted molar refractivity (Wildman–Crippen MR) is 72.4 cm³/mol. The summed E-state index contributed by atoms with van der Waals surface area (Å²) in [4.78, 5) is 23.3. The summed E-state index contributed by atoms with van der Waals surface area (Å²) in [6.07, 6.45) is 1.21. The lowest BCUT2D eigenvalue weighted by atomic mass is 10.1. The molecule has 1 N–H and O–H groups in total. The summed E-state index contributed by atoms with van der Waals surface area (Å²) < 4.78 is 0. The molecule has 0 fully saturated rings. The van der Waals surface area contributed by atoms with Crippen molar-refractivity contribution in [3.05, 3.63) is 34.4 Å². The zero-order valence-corrected chi connectivity index (χ0v) is 11.1. The molecule has 0 bridgehead atoms. The van der Waals surface area contributed by atoms with Crippen LogP contribution in [0.25, 0.3) is 0 Å². The van der Waals surface area contributed by atoms with Gasteiger partial charge in [-0.15, -0.1) is 0 Å². The molecule has 0 saturated carbocycles.